The lowest BCUT2D eigenvalue weighted by atomic mass is 10.2. The Hall–Kier alpha value is -1.63. The average molecular weight is 329 g/mol. The van der Waals surface area contributed by atoms with E-state index in [1.807, 2.05) is 0 Å². The predicted molar refractivity (Wildman–Crippen MR) is 81.0 cm³/mol. The van der Waals surface area contributed by atoms with E-state index in [0.29, 0.717) is 10.6 Å². The van der Waals surface area contributed by atoms with Crippen molar-refractivity contribution in [1.82, 2.24) is 4.72 Å². The van der Waals surface area contributed by atoms with E-state index in [9.17, 15) is 12.8 Å². The summed E-state index contributed by atoms with van der Waals surface area (Å²) in [5.74, 6) is -0.655. The van der Waals surface area contributed by atoms with Crippen LogP contribution in [0, 0.1) is 12.7 Å². The maximum Gasteiger partial charge on any atom is 0.241 e. The van der Waals surface area contributed by atoms with Gasteiger partial charge in [0.15, 0.2) is 0 Å². The lowest BCUT2D eigenvalue weighted by molar-refractivity contribution is 0.574. The van der Waals surface area contributed by atoms with Gasteiger partial charge in [-0.05, 0) is 36.8 Å². The Kier molecular flexibility index (Phi) is 4.51. The van der Waals surface area contributed by atoms with Crippen molar-refractivity contribution in [1.29, 1.82) is 0 Å². The minimum absolute atomic E-state index is 0.0304. The third-order valence-electron chi connectivity index (χ3n) is 2.96. The normalized spacial score (nSPS) is 11.6. The van der Waals surface area contributed by atoms with Crippen molar-refractivity contribution in [3.05, 3.63) is 58.4 Å². The van der Waals surface area contributed by atoms with Gasteiger partial charge in [0.05, 0.1) is 4.90 Å². The summed E-state index contributed by atoms with van der Waals surface area (Å²) in [7, 11) is -3.86. The molecule has 0 saturated heterocycles. The number of halogens is 2. The minimum Gasteiger partial charge on any atom is -0.399 e. The molecule has 0 amide bonds. The van der Waals surface area contributed by atoms with E-state index in [0.717, 1.165) is 6.07 Å². The van der Waals surface area contributed by atoms with E-state index in [1.165, 1.54) is 13.0 Å². The van der Waals surface area contributed by atoms with Crippen molar-refractivity contribution in [3.63, 3.8) is 0 Å². The number of hydrogen-bond donors (Lipinski definition) is 2. The number of anilines is 1. The van der Waals surface area contributed by atoms with Gasteiger partial charge < -0.3 is 5.73 Å². The van der Waals surface area contributed by atoms with Gasteiger partial charge in [0.1, 0.15) is 5.82 Å². The Morgan fingerprint density at radius 1 is 1.29 bits per heavy atom. The van der Waals surface area contributed by atoms with Crippen molar-refractivity contribution in [2.24, 2.45) is 0 Å². The highest BCUT2D eigenvalue weighted by atomic mass is 35.5. The molecule has 0 heterocycles. The number of benzene rings is 2. The summed E-state index contributed by atoms with van der Waals surface area (Å²) in [4.78, 5) is -0.165. The average Bonchev–Trinajstić information content (AvgIpc) is 2.41. The van der Waals surface area contributed by atoms with Crippen LogP contribution in [0.4, 0.5) is 10.1 Å². The van der Waals surface area contributed by atoms with Crippen LogP contribution in [0.3, 0.4) is 0 Å². The fourth-order valence-electron chi connectivity index (χ4n) is 1.86. The largest absolute Gasteiger partial charge is 0.399 e. The fraction of sp³-hybridized carbons (Fsp3) is 0.143. The molecule has 0 aliphatic heterocycles. The molecule has 0 bridgehead atoms. The first-order valence-electron chi connectivity index (χ1n) is 6.09. The van der Waals surface area contributed by atoms with Crippen LogP contribution in [0.15, 0.2) is 41.3 Å². The molecule has 0 atom stereocenters. The third kappa shape index (κ3) is 3.72. The lowest BCUT2D eigenvalue weighted by Gasteiger charge is -2.11. The molecule has 2 aromatic carbocycles. The van der Waals surface area contributed by atoms with Crippen LogP contribution in [0.1, 0.15) is 11.1 Å². The number of hydrogen-bond acceptors (Lipinski definition) is 3. The van der Waals surface area contributed by atoms with Crippen LogP contribution in [0.5, 0.6) is 0 Å². The number of nitrogens with one attached hydrogen (secondary N) is 1. The first-order valence-corrected chi connectivity index (χ1v) is 7.95. The Labute approximate surface area is 127 Å². The molecule has 0 radical (unpaired) electrons. The lowest BCUT2D eigenvalue weighted by Crippen LogP contribution is -2.24. The summed E-state index contributed by atoms with van der Waals surface area (Å²) in [6, 6.07) is 9.12. The van der Waals surface area contributed by atoms with Crippen molar-refractivity contribution < 1.29 is 12.8 Å². The topological polar surface area (TPSA) is 72.2 Å². The standard InChI is InChI=1S/C14H14ClFN2O2S/c1-9-13(16)6-12(17)7-14(9)21(19,20)18-8-10-3-2-4-11(15)5-10/h2-7,18H,8,17H2,1H3. The highest BCUT2D eigenvalue weighted by Crippen LogP contribution is 2.22. The van der Waals surface area contributed by atoms with Crippen LogP contribution >= 0.6 is 11.6 Å². The van der Waals surface area contributed by atoms with E-state index in [1.54, 1.807) is 24.3 Å². The second kappa shape index (κ2) is 6.01. The quantitative estimate of drug-likeness (QED) is 0.848. The second-order valence-corrected chi connectivity index (χ2v) is 6.75. The molecular weight excluding hydrogens is 315 g/mol. The van der Waals surface area contributed by atoms with Crippen molar-refractivity contribution >= 4 is 27.3 Å². The summed E-state index contributed by atoms with van der Waals surface area (Å²) in [6.07, 6.45) is 0. The maximum atomic E-state index is 13.6. The molecule has 0 aliphatic carbocycles. The van der Waals surface area contributed by atoms with Gasteiger partial charge in [-0.3, -0.25) is 0 Å². The van der Waals surface area contributed by atoms with E-state index < -0.39 is 15.8 Å². The van der Waals surface area contributed by atoms with E-state index in [-0.39, 0.29) is 22.7 Å². The van der Waals surface area contributed by atoms with E-state index >= 15 is 0 Å². The zero-order valence-electron chi connectivity index (χ0n) is 11.2. The molecule has 2 rings (SSSR count). The molecule has 7 heteroatoms. The van der Waals surface area contributed by atoms with Crippen molar-refractivity contribution in [3.8, 4) is 0 Å². The first kappa shape index (κ1) is 15.8. The number of nitrogens with two attached hydrogens (primary N) is 1. The Bertz CT molecular complexity index is 779. The smallest absolute Gasteiger partial charge is 0.241 e. The number of rotatable bonds is 4. The molecule has 0 unspecified atom stereocenters. The van der Waals surface area contributed by atoms with Gasteiger partial charge in [0.2, 0.25) is 10.0 Å². The Morgan fingerprint density at radius 2 is 2.00 bits per heavy atom. The minimum atomic E-state index is -3.86. The summed E-state index contributed by atoms with van der Waals surface area (Å²) >= 11 is 5.84. The molecule has 0 spiro atoms. The molecule has 2 aromatic rings. The Balaban J connectivity index is 2.27. The SMILES string of the molecule is Cc1c(F)cc(N)cc1S(=O)(=O)NCc1cccc(Cl)c1. The molecule has 0 aliphatic rings. The molecular formula is C14H14ClFN2O2S. The summed E-state index contributed by atoms with van der Waals surface area (Å²) in [6.45, 7) is 1.45. The van der Waals surface area contributed by atoms with Gasteiger partial charge >= 0.3 is 0 Å². The van der Waals surface area contributed by atoms with Crippen LogP contribution in [0.25, 0.3) is 0 Å². The van der Waals surface area contributed by atoms with Crippen LogP contribution in [-0.2, 0) is 16.6 Å². The number of sulfonamides is 1. The highest BCUT2D eigenvalue weighted by Gasteiger charge is 2.19. The molecule has 4 nitrogen and oxygen atoms in total. The van der Waals surface area contributed by atoms with Gasteiger partial charge in [-0.2, -0.15) is 0 Å². The first-order chi connectivity index (χ1) is 9.79. The summed E-state index contributed by atoms with van der Waals surface area (Å²) in [5.41, 5.74) is 6.29. The van der Waals surface area contributed by atoms with Gasteiger partial charge in [-0.15, -0.1) is 0 Å². The molecule has 0 aromatic heterocycles. The Morgan fingerprint density at radius 3 is 2.67 bits per heavy atom. The van der Waals surface area contributed by atoms with Gasteiger partial charge in [-0.25, -0.2) is 17.5 Å². The number of nitrogen functional groups attached to an aromatic ring is 1. The van der Waals surface area contributed by atoms with Crippen molar-refractivity contribution in [2.75, 3.05) is 5.73 Å². The molecule has 3 N–H and O–H groups in total. The molecule has 21 heavy (non-hydrogen) atoms. The molecule has 0 fully saturated rings. The summed E-state index contributed by atoms with van der Waals surface area (Å²) < 4.78 is 40.5. The summed E-state index contributed by atoms with van der Waals surface area (Å²) in [5, 5.41) is 0.512. The van der Waals surface area contributed by atoms with Crippen molar-refractivity contribution in [2.45, 2.75) is 18.4 Å². The monoisotopic (exact) mass is 328 g/mol. The van der Waals surface area contributed by atoms with Gasteiger partial charge in [0.25, 0.3) is 0 Å². The zero-order valence-corrected chi connectivity index (χ0v) is 12.8. The highest BCUT2D eigenvalue weighted by molar-refractivity contribution is 7.89. The van der Waals surface area contributed by atoms with Gasteiger partial charge in [-0.1, -0.05) is 23.7 Å². The zero-order chi connectivity index (χ0) is 15.6. The predicted octanol–water partition coefficient (Wildman–Crippen LogP) is 2.85. The van der Waals surface area contributed by atoms with Gasteiger partial charge in [0, 0.05) is 22.8 Å². The second-order valence-electron chi connectivity index (χ2n) is 4.58. The van der Waals surface area contributed by atoms with E-state index in [2.05, 4.69) is 4.72 Å². The van der Waals surface area contributed by atoms with Crippen LogP contribution in [-0.4, -0.2) is 8.42 Å². The third-order valence-corrected chi connectivity index (χ3v) is 4.73. The molecule has 0 saturated carbocycles. The molecule has 112 valence electrons. The van der Waals surface area contributed by atoms with Crippen LogP contribution < -0.4 is 10.5 Å². The van der Waals surface area contributed by atoms with E-state index in [4.69, 9.17) is 17.3 Å². The maximum absolute atomic E-state index is 13.6. The fourth-order valence-corrected chi connectivity index (χ4v) is 3.37. The van der Waals surface area contributed by atoms with Crippen LogP contribution in [0.2, 0.25) is 5.02 Å².